The summed E-state index contributed by atoms with van der Waals surface area (Å²) in [6.07, 6.45) is 1.53. The molecule has 0 aliphatic rings. The van der Waals surface area contributed by atoms with E-state index in [2.05, 4.69) is 15.9 Å². The van der Waals surface area contributed by atoms with E-state index in [-0.39, 0.29) is 11.4 Å². The highest BCUT2D eigenvalue weighted by Crippen LogP contribution is 2.29. The molecule has 0 aliphatic heterocycles. The fourth-order valence-corrected chi connectivity index (χ4v) is 4.35. The van der Waals surface area contributed by atoms with Crippen LogP contribution in [0.15, 0.2) is 44.3 Å². The highest BCUT2D eigenvalue weighted by Gasteiger charge is 2.26. The fourth-order valence-electron chi connectivity index (χ4n) is 2.02. The number of furan rings is 1. The molecule has 0 radical (unpaired) electrons. The van der Waals surface area contributed by atoms with Crippen molar-refractivity contribution in [1.82, 2.24) is 4.31 Å². The Morgan fingerprint density at radius 1 is 1.38 bits per heavy atom. The molecule has 0 atom stereocenters. The molecular weight excluding hydrogens is 356 g/mol. The van der Waals surface area contributed by atoms with Crippen molar-refractivity contribution in [3.8, 4) is 0 Å². The van der Waals surface area contributed by atoms with Crippen molar-refractivity contribution in [1.29, 1.82) is 0 Å². The van der Waals surface area contributed by atoms with Crippen LogP contribution in [-0.4, -0.2) is 19.3 Å². The summed E-state index contributed by atoms with van der Waals surface area (Å²) in [5.74, 6) is 0.598. The maximum atomic E-state index is 12.8. The van der Waals surface area contributed by atoms with E-state index in [0.29, 0.717) is 28.0 Å². The van der Waals surface area contributed by atoms with Crippen LogP contribution in [0.5, 0.6) is 0 Å². The van der Waals surface area contributed by atoms with Crippen LogP contribution in [0.4, 0.5) is 5.69 Å². The fraction of sp³-hybridized carbons (Fsp3) is 0.286. The van der Waals surface area contributed by atoms with Crippen LogP contribution in [0.2, 0.25) is 0 Å². The Balaban J connectivity index is 2.44. The van der Waals surface area contributed by atoms with Crippen LogP contribution < -0.4 is 5.73 Å². The van der Waals surface area contributed by atoms with Gasteiger partial charge in [-0.05, 0) is 36.8 Å². The van der Waals surface area contributed by atoms with E-state index < -0.39 is 10.0 Å². The molecule has 114 valence electrons. The molecule has 0 fully saturated rings. The Morgan fingerprint density at radius 3 is 2.67 bits per heavy atom. The summed E-state index contributed by atoms with van der Waals surface area (Å²) in [6.45, 7) is 4.03. The lowest BCUT2D eigenvalue weighted by atomic mass is 10.2. The second-order valence-corrected chi connectivity index (χ2v) is 7.45. The number of hydrogen-bond donors (Lipinski definition) is 1. The van der Waals surface area contributed by atoms with Crippen molar-refractivity contribution in [2.24, 2.45) is 0 Å². The molecule has 5 nitrogen and oxygen atoms in total. The summed E-state index contributed by atoms with van der Waals surface area (Å²) in [5.41, 5.74) is 6.86. The number of halogens is 1. The van der Waals surface area contributed by atoms with Crippen LogP contribution in [0, 0.1) is 6.92 Å². The van der Waals surface area contributed by atoms with Crippen LogP contribution >= 0.6 is 15.9 Å². The average Bonchev–Trinajstić information content (AvgIpc) is 2.92. The van der Waals surface area contributed by atoms with Crippen molar-refractivity contribution in [3.05, 3.63) is 46.3 Å². The molecule has 0 spiro atoms. The zero-order valence-electron chi connectivity index (χ0n) is 11.8. The van der Waals surface area contributed by atoms with Crippen molar-refractivity contribution < 1.29 is 12.8 Å². The van der Waals surface area contributed by atoms with E-state index >= 15 is 0 Å². The van der Waals surface area contributed by atoms with E-state index in [4.69, 9.17) is 10.2 Å². The molecule has 2 aromatic rings. The number of rotatable bonds is 5. The molecule has 1 heterocycles. The predicted octanol–water partition coefficient (Wildman–Crippen LogP) is 3.14. The van der Waals surface area contributed by atoms with Gasteiger partial charge in [-0.15, -0.1) is 0 Å². The highest BCUT2D eigenvalue weighted by molar-refractivity contribution is 9.10. The van der Waals surface area contributed by atoms with Crippen LogP contribution in [0.3, 0.4) is 0 Å². The summed E-state index contributed by atoms with van der Waals surface area (Å²) in [4.78, 5) is 0.211. The zero-order chi connectivity index (χ0) is 15.6. The van der Waals surface area contributed by atoms with Gasteiger partial charge in [0, 0.05) is 16.7 Å². The maximum Gasteiger partial charge on any atom is 0.243 e. The maximum absolute atomic E-state index is 12.8. The number of nitrogens with zero attached hydrogens (tertiary/aromatic N) is 1. The van der Waals surface area contributed by atoms with Gasteiger partial charge < -0.3 is 10.2 Å². The minimum atomic E-state index is -3.64. The summed E-state index contributed by atoms with van der Waals surface area (Å²) in [6, 6.07) is 6.75. The predicted molar refractivity (Wildman–Crippen MR) is 85.3 cm³/mol. The normalized spacial score (nSPS) is 12.0. The third-order valence-electron chi connectivity index (χ3n) is 3.25. The molecule has 0 amide bonds. The summed E-state index contributed by atoms with van der Waals surface area (Å²) in [7, 11) is -3.64. The van der Waals surface area contributed by atoms with Gasteiger partial charge in [0.1, 0.15) is 5.76 Å². The first-order chi connectivity index (χ1) is 9.86. The molecule has 1 aromatic carbocycles. The molecule has 2 rings (SSSR count). The molecular formula is C14H17BrN2O3S. The van der Waals surface area contributed by atoms with Gasteiger partial charge in [0.05, 0.1) is 17.7 Å². The van der Waals surface area contributed by atoms with E-state index in [0.717, 1.165) is 0 Å². The minimum Gasteiger partial charge on any atom is -0.468 e. The second kappa shape index (κ2) is 6.21. The van der Waals surface area contributed by atoms with Gasteiger partial charge in [0.25, 0.3) is 0 Å². The minimum absolute atomic E-state index is 0.192. The van der Waals surface area contributed by atoms with Crippen molar-refractivity contribution in [2.75, 3.05) is 12.3 Å². The largest absolute Gasteiger partial charge is 0.468 e. The van der Waals surface area contributed by atoms with Crippen molar-refractivity contribution in [3.63, 3.8) is 0 Å². The van der Waals surface area contributed by atoms with E-state index in [1.807, 2.05) is 0 Å². The van der Waals surface area contributed by atoms with Gasteiger partial charge in [0.15, 0.2) is 0 Å². The van der Waals surface area contributed by atoms with Gasteiger partial charge in [-0.25, -0.2) is 8.42 Å². The topological polar surface area (TPSA) is 76.5 Å². The Labute approximate surface area is 132 Å². The molecule has 1 aromatic heterocycles. The van der Waals surface area contributed by atoms with Crippen molar-refractivity contribution in [2.45, 2.75) is 25.3 Å². The monoisotopic (exact) mass is 372 g/mol. The zero-order valence-corrected chi connectivity index (χ0v) is 14.2. The first-order valence-electron chi connectivity index (χ1n) is 6.44. The van der Waals surface area contributed by atoms with Gasteiger partial charge in [0.2, 0.25) is 10.0 Å². The lowest BCUT2D eigenvalue weighted by Gasteiger charge is -2.21. The van der Waals surface area contributed by atoms with Crippen molar-refractivity contribution >= 4 is 31.6 Å². The third-order valence-corrected chi connectivity index (χ3v) is 5.75. The molecule has 0 aliphatic carbocycles. The Bertz CT molecular complexity index is 727. The quantitative estimate of drug-likeness (QED) is 0.817. The molecule has 0 unspecified atom stereocenters. The molecule has 2 N–H and O–H groups in total. The number of nitrogen functional groups attached to an aromatic ring is 1. The van der Waals surface area contributed by atoms with Gasteiger partial charge >= 0.3 is 0 Å². The lowest BCUT2D eigenvalue weighted by molar-refractivity contribution is 0.375. The summed E-state index contributed by atoms with van der Waals surface area (Å²) >= 11 is 3.29. The summed E-state index contributed by atoms with van der Waals surface area (Å²) < 4.78 is 32.9. The van der Waals surface area contributed by atoms with Gasteiger partial charge in [-0.1, -0.05) is 22.9 Å². The second-order valence-electron chi connectivity index (χ2n) is 4.63. The summed E-state index contributed by atoms with van der Waals surface area (Å²) in [5, 5.41) is 0. The number of anilines is 1. The Hall–Kier alpha value is -1.31. The molecule has 7 heteroatoms. The SMILES string of the molecule is CCN(Cc1ccco1)S(=O)(=O)c1cc(Br)cc(N)c1C. The first-order valence-corrected chi connectivity index (χ1v) is 8.67. The lowest BCUT2D eigenvalue weighted by Crippen LogP contribution is -2.31. The molecule has 0 bridgehead atoms. The smallest absolute Gasteiger partial charge is 0.243 e. The van der Waals surface area contributed by atoms with Gasteiger partial charge in [-0.3, -0.25) is 0 Å². The average molecular weight is 373 g/mol. The van der Waals surface area contributed by atoms with Crippen LogP contribution in [0.1, 0.15) is 18.2 Å². The number of nitrogens with two attached hydrogens (primary N) is 1. The first kappa shape index (κ1) is 16.1. The third kappa shape index (κ3) is 3.30. The van der Waals surface area contributed by atoms with E-state index in [1.165, 1.54) is 10.6 Å². The standard InChI is InChI=1S/C14H17BrN2O3S/c1-3-17(9-12-5-4-6-20-12)21(18,19)14-8-11(15)7-13(16)10(14)2/h4-8H,3,9,16H2,1-2H3. The number of sulfonamides is 1. The number of hydrogen-bond acceptors (Lipinski definition) is 4. The number of benzene rings is 1. The van der Waals surface area contributed by atoms with Gasteiger partial charge in [-0.2, -0.15) is 4.31 Å². The Morgan fingerprint density at radius 2 is 2.10 bits per heavy atom. The molecule has 0 saturated heterocycles. The highest BCUT2D eigenvalue weighted by atomic mass is 79.9. The Kier molecular flexibility index (Phi) is 4.75. The van der Waals surface area contributed by atoms with Crippen LogP contribution in [-0.2, 0) is 16.6 Å². The molecule has 21 heavy (non-hydrogen) atoms. The van der Waals surface area contributed by atoms with E-state index in [1.54, 1.807) is 38.1 Å². The van der Waals surface area contributed by atoms with Crippen LogP contribution in [0.25, 0.3) is 0 Å². The van der Waals surface area contributed by atoms with E-state index in [9.17, 15) is 8.42 Å². The molecule has 0 saturated carbocycles.